The molecule has 2 atom stereocenters. The number of benzene rings is 2. The number of halogens is 2. The van der Waals surface area contributed by atoms with Crippen LogP contribution in [0.5, 0.6) is 0 Å². The van der Waals surface area contributed by atoms with Crippen molar-refractivity contribution in [2.45, 2.75) is 120 Å². The van der Waals surface area contributed by atoms with E-state index in [1.54, 1.807) is 10.6 Å². The molecule has 304 valence electrons. The summed E-state index contributed by atoms with van der Waals surface area (Å²) in [5.41, 5.74) is 2.84. The van der Waals surface area contributed by atoms with Crippen molar-refractivity contribution in [1.82, 2.24) is 0 Å². The van der Waals surface area contributed by atoms with Crippen LogP contribution < -0.4 is 35.4 Å². The van der Waals surface area contributed by atoms with Crippen LogP contribution in [-0.4, -0.2) is 24.6 Å². The summed E-state index contributed by atoms with van der Waals surface area (Å²) in [6, 6.07) is 27.1. The average molecular weight is 900 g/mol. The second-order valence-corrected chi connectivity index (χ2v) is 19.5. The van der Waals surface area contributed by atoms with Gasteiger partial charge in [-0.05, 0) is 37.5 Å². The van der Waals surface area contributed by atoms with E-state index in [-0.39, 0.29) is 84.1 Å². The van der Waals surface area contributed by atoms with E-state index in [0.29, 0.717) is 0 Å². The van der Waals surface area contributed by atoms with Crippen LogP contribution in [0.25, 0.3) is 21.5 Å². The van der Waals surface area contributed by atoms with Crippen LogP contribution in [0.15, 0.2) is 108 Å². The van der Waals surface area contributed by atoms with E-state index >= 15 is 0 Å². The number of hydrogen-bond acceptors (Lipinski definition) is 0. The third-order valence-electron chi connectivity index (χ3n) is 9.86. The van der Waals surface area contributed by atoms with Gasteiger partial charge < -0.3 is 24.8 Å². The Morgan fingerprint density at radius 2 is 0.875 bits per heavy atom. The Morgan fingerprint density at radius 3 is 1.14 bits per heavy atom. The summed E-state index contributed by atoms with van der Waals surface area (Å²) < 4.78 is 0. The third kappa shape index (κ3) is 20.2. The molecule has 0 amide bonds. The fraction of sp³-hybridized carbons (Fsp3) is 0.480. The van der Waals surface area contributed by atoms with Crippen LogP contribution in [-0.2, 0) is 43.4 Å². The Hall–Kier alpha value is -0.511. The SMILES string of the molecule is CCCC(C)C1=[C-]CC=C1.CCCC(C)C1=[C-]CC=C1.CCCP(CCC)c1cc2ccccc2[cH-]1.CCCP(CCC)c1cc2ccccc2[cH-]1.[Cl-].[Cl-].[Ti+2].[Ti+2]. The van der Waals surface area contributed by atoms with Gasteiger partial charge in [0.05, 0.1) is 0 Å². The molecule has 0 aliphatic heterocycles. The molecule has 4 aromatic rings. The zero-order valence-corrected chi connectivity index (χ0v) is 42.4. The Morgan fingerprint density at radius 1 is 0.536 bits per heavy atom. The molecule has 0 aromatic heterocycles. The van der Waals surface area contributed by atoms with E-state index in [0.717, 1.165) is 24.7 Å². The molecule has 4 aromatic carbocycles. The molecule has 0 fully saturated rings. The van der Waals surface area contributed by atoms with Crippen molar-refractivity contribution in [1.29, 1.82) is 0 Å². The molecule has 2 aliphatic rings. The maximum Gasteiger partial charge on any atom is 2.00 e. The van der Waals surface area contributed by atoms with Crippen LogP contribution in [0.1, 0.15) is 120 Å². The molecular formula is C50H70Cl2P2Ti2-2. The molecular weight excluding hydrogens is 829 g/mol. The van der Waals surface area contributed by atoms with E-state index in [4.69, 9.17) is 0 Å². The second kappa shape index (κ2) is 34.2. The van der Waals surface area contributed by atoms with Gasteiger partial charge in [0, 0.05) is 0 Å². The molecule has 2 aliphatic carbocycles. The van der Waals surface area contributed by atoms with E-state index in [2.05, 4.69) is 165 Å². The summed E-state index contributed by atoms with van der Waals surface area (Å²) in [5.74, 6) is 1.45. The summed E-state index contributed by atoms with van der Waals surface area (Å²) in [6.45, 7) is 18.2. The van der Waals surface area contributed by atoms with Gasteiger partial charge in [-0.2, -0.15) is 24.3 Å². The molecule has 0 N–H and O–H groups in total. The number of rotatable bonds is 16. The molecule has 0 saturated carbocycles. The maximum atomic E-state index is 3.35. The first-order chi connectivity index (χ1) is 25.4. The van der Waals surface area contributed by atoms with Crippen LogP contribution >= 0.6 is 15.8 Å². The van der Waals surface area contributed by atoms with E-state index in [9.17, 15) is 0 Å². The number of hydrogen-bond donors (Lipinski definition) is 0. The van der Waals surface area contributed by atoms with Crippen molar-refractivity contribution in [3.8, 4) is 0 Å². The van der Waals surface area contributed by atoms with E-state index in [1.807, 2.05) is 0 Å². The van der Waals surface area contributed by atoms with Crippen molar-refractivity contribution < 1.29 is 68.2 Å². The summed E-state index contributed by atoms with van der Waals surface area (Å²) in [6.07, 6.45) is 33.5. The van der Waals surface area contributed by atoms with Crippen LogP contribution in [0, 0.1) is 24.0 Å². The first-order valence-electron chi connectivity index (χ1n) is 20.7. The predicted molar refractivity (Wildman–Crippen MR) is 242 cm³/mol. The van der Waals surface area contributed by atoms with E-state index in [1.165, 1.54) is 109 Å². The normalized spacial score (nSPS) is 13.4. The molecule has 56 heavy (non-hydrogen) atoms. The fourth-order valence-corrected chi connectivity index (χ4v) is 12.1. The topological polar surface area (TPSA) is 0 Å². The minimum Gasteiger partial charge on any atom is -1.00 e. The Labute approximate surface area is 389 Å². The smallest absolute Gasteiger partial charge is 1.00 e. The van der Waals surface area contributed by atoms with Gasteiger partial charge in [-0.3, -0.25) is 12.2 Å². The standard InChI is InChI=1S/2C15H20P.2C10H15.2ClH.2Ti/c2*1-3-9-16(10-4-2)15-11-13-7-5-6-8-14(13)12-15;2*1-3-6-9(2)10-7-4-5-8-10;;;;/h2*5-8,11-12H,3-4,9-10H2,1-2H3;2*4,7,9H,3,5-6H2,1-2H3;2*1H;;/q4*-1;;;2*+2/p-2. The largest absolute Gasteiger partial charge is 2.00 e. The van der Waals surface area contributed by atoms with Gasteiger partial charge in [-0.1, -0.05) is 134 Å². The molecule has 0 radical (unpaired) electrons. The molecule has 0 bridgehead atoms. The van der Waals surface area contributed by atoms with Gasteiger partial charge >= 0.3 is 43.4 Å². The van der Waals surface area contributed by atoms with Gasteiger partial charge in [0.2, 0.25) is 0 Å². The minimum atomic E-state index is 0. The number of allylic oxidation sites excluding steroid dienone is 8. The Balaban J connectivity index is 0. The van der Waals surface area contributed by atoms with Gasteiger partial charge in [0.15, 0.2) is 0 Å². The Kier molecular flexibility index (Phi) is 35.2. The number of fused-ring (bicyclic) bond motifs is 2. The monoisotopic (exact) mass is 898 g/mol. The average Bonchev–Trinajstić information content (AvgIpc) is 3.99. The van der Waals surface area contributed by atoms with Crippen molar-refractivity contribution in [3.63, 3.8) is 0 Å². The molecule has 6 rings (SSSR count). The minimum absolute atomic E-state index is 0. The summed E-state index contributed by atoms with van der Waals surface area (Å²) in [4.78, 5) is 0. The van der Waals surface area contributed by atoms with Crippen molar-refractivity contribution in [2.24, 2.45) is 11.8 Å². The quantitative estimate of drug-likeness (QED) is 0.0599. The molecule has 0 nitrogen and oxygen atoms in total. The molecule has 0 spiro atoms. The van der Waals surface area contributed by atoms with E-state index < -0.39 is 0 Å². The predicted octanol–water partition coefficient (Wildman–Crippen LogP) is 9.20. The first-order valence-corrected chi connectivity index (χ1v) is 24.2. The fourth-order valence-electron chi connectivity index (χ4n) is 7.15. The summed E-state index contributed by atoms with van der Waals surface area (Å²) >= 11 is 0. The molecule has 0 saturated heterocycles. The third-order valence-corrected chi connectivity index (χ3v) is 15.8. The molecule has 0 heterocycles. The summed E-state index contributed by atoms with van der Waals surface area (Å²) in [7, 11) is 0.194. The van der Waals surface area contributed by atoms with Gasteiger partial charge in [0.1, 0.15) is 0 Å². The first kappa shape index (κ1) is 57.6. The molecule has 6 heteroatoms. The van der Waals surface area contributed by atoms with Crippen molar-refractivity contribution in [3.05, 3.63) is 120 Å². The van der Waals surface area contributed by atoms with Gasteiger partial charge in [0.25, 0.3) is 0 Å². The molecule has 2 unspecified atom stereocenters. The summed E-state index contributed by atoms with van der Waals surface area (Å²) in [5, 5.41) is 8.88. The zero-order valence-electron chi connectivity index (χ0n) is 35.9. The maximum absolute atomic E-state index is 3.35. The van der Waals surface area contributed by atoms with Gasteiger partial charge in [-0.15, -0.1) is 93.5 Å². The zero-order chi connectivity index (χ0) is 37.6. The Bertz CT molecular complexity index is 1480. The van der Waals surface area contributed by atoms with Crippen LogP contribution in [0.2, 0.25) is 0 Å². The second-order valence-electron chi connectivity index (χ2n) is 14.5. The van der Waals surface area contributed by atoms with Crippen molar-refractivity contribution in [2.75, 3.05) is 24.6 Å². The van der Waals surface area contributed by atoms with Crippen molar-refractivity contribution >= 4 is 48.0 Å². The van der Waals surface area contributed by atoms with Crippen LogP contribution in [0.3, 0.4) is 0 Å². The van der Waals surface area contributed by atoms with Gasteiger partial charge in [-0.25, -0.2) is 23.3 Å². The van der Waals surface area contributed by atoms with Crippen LogP contribution in [0.4, 0.5) is 0 Å².